The van der Waals surface area contributed by atoms with Gasteiger partial charge in [0.05, 0.1) is 11.1 Å². The molecule has 3 aromatic rings. The lowest BCUT2D eigenvalue weighted by Gasteiger charge is -1.97. The highest BCUT2D eigenvalue weighted by molar-refractivity contribution is 9.10. The zero-order valence-corrected chi connectivity index (χ0v) is 12.3. The number of nitro groups is 1. The molecule has 0 amide bonds. The van der Waals surface area contributed by atoms with Crippen molar-refractivity contribution in [2.45, 2.75) is 0 Å². The summed E-state index contributed by atoms with van der Waals surface area (Å²) in [5.41, 5.74) is 1.66. The first-order valence-electron chi connectivity index (χ1n) is 6.10. The van der Waals surface area contributed by atoms with Gasteiger partial charge in [-0.2, -0.15) is 0 Å². The van der Waals surface area contributed by atoms with Gasteiger partial charge in [-0.3, -0.25) is 10.1 Å². The summed E-state index contributed by atoms with van der Waals surface area (Å²) >= 11 is 3.37. The summed E-state index contributed by atoms with van der Waals surface area (Å²) in [7, 11) is 0. The van der Waals surface area contributed by atoms with Crippen LogP contribution in [-0.4, -0.2) is 9.91 Å². The maximum absolute atomic E-state index is 10.6. The zero-order valence-electron chi connectivity index (χ0n) is 10.7. The maximum Gasteiger partial charge on any atom is 0.269 e. The largest absolute Gasteiger partial charge is 0.436 e. The predicted molar refractivity (Wildman–Crippen MR) is 81.7 cm³/mol. The van der Waals surface area contributed by atoms with E-state index in [9.17, 15) is 10.1 Å². The maximum atomic E-state index is 10.6. The molecule has 1 aromatic heterocycles. The Morgan fingerprint density at radius 2 is 1.62 bits per heavy atom. The van der Waals surface area contributed by atoms with E-state index in [2.05, 4.69) is 20.9 Å². The molecule has 0 saturated carbocycles. The Morgan fingerprint density at radius 1 is 1.00 bits per heavy atom. The fraction of sp³-hybridized carbons (Fsp3) is 0. The predicted octanol–water partition coefficient (Wildman–Crippen LogP) is 4.68. The average Bonchev–Trinajstić information content (AvgIpc) is 2.98. The molecule has 21 heavy (non-hydrogen) atoms. The van der Waals surface area contributed by atoms with Crippen molar-refractivity contribution >= 4 is 21.6 Å². The Bertz CT molecular complexity index is 779. The number of oxazole rings is 1. The summed E-state index contributed by atoms with van der Waals surface area (Å²) in [6, 6.07) is 13.8. The first-order valence-corrected chi connectivity index (χ1v) is 6.89. The van der Waals surface area contributed by atoms with Crippen LogP contribution >= 0.6 is 15.9 Å². The number of nitrogens with zero attached hydrogens (tertiary/aromatic N) is 2. The average molecular weight is 345 g/mol. The third-order valence-corrected chi connectivity index (χ3v) is 3.49. The molecule has 5 nitrogen and oxygen atoms in total. The second-order valence-electron chi connectivity index (χ2n) is 4.34. The summed E-state index contributed by atoms with van der Waals surface area (Å²) in [6.07, 6.45) is 1.61. The van der Waals surface area contributed by atoms with E-state index in [0.717, 1.165) is 15.6 Å². The van der Waals surface area contributed by atoms with E-state index in [1.807, 2.05) is 24.3 Å². The summed E-state index contributed by atoms with van der Waals surface area (Å²) < 4.78 is 6.68. The van der Waals surface area contributed by atoms with E-state index in [0.29, 0.717) is 11.7 Å². The Hall–Kier alpha value is -2.47. The van der Waals surface area contributed by atoms with E-state index < -0.39 is 4.92 Å². The van der Waals surface area contributed by atoms with Crippen LogP contribution in [0.3, 0.4) is 0 Å². The van der Waals surface area contributed by atoms with Gasteiger partial charge in [-0.25, -0.2) is 4.98 Å². The van der Waals surface area contributed by atoms with Crippen LogP contribution in [0.4, 0.5) is 5.69 Å². The molecule has 0 aliphatic carbocycles. The summed E-state index contributed by atoms with van der Waals surface area (Å²) in [6.45, 7) is 0. The molecule has 0 aliphatic rings. The van der Waals surface area contributed by atoms with Crippen molar-refractivity contribution in [2.24, 2.45) is 0 Å². The molecular weight excluding hydrogens is 336 g/mol. The molecule has 0 fully saturated rings. The van der Waals surface area contributed by atoms with Crippen molar-refractivity contribution in [1.82, 2.24) is 4.98 Å². The van der Waals surface area contributed by atoms with Crippen LogP contribution in [0.1, 0.15) is 0 Å². The monoisotopic (exact) mass is 344 g/mol. The Balaban J connectivity index is 1.90. The van der Waals surface area contributed by atoms with E-state index in [1.54, 1.807) is 18.3 Å². The van der Waals surface area contributed by atoms with E-state index in [4.69, 9.17) is 4.42 Å². The lowest BCUT2D eigenvalue weighted by atomic mass is 10.2. The second-order valence-corrected chi connectivity index (χ2v) is 5.26. The van der Waals surface area contributed by atoms with Crippen molar-refractivity contribution in [1.29, 1.82) is 0 Å². The first-order chi connectivity index (χ1) is 10.1. The number of non-ortho nitro benzene ring substituents is 1. The lowest BCUT2D eigenvalue weighted by Crippen LogP contribution is -1.86. The number of aromatic nitrogens is 1. The van der Waals surface area contributed by atoms with Crippen LogP contribution in [-0.2, 0) is 0 Å². The fourth-order valence-corrected chi connectivity index (χ4v) is 2.15. The quantitative estimate of drug-likeness (QED) is 0.511. The normalized spacial score (nSPS) is 10.5. The highest BCUT2D eigenvalue weighted by Gasteiger charge is 2.10. The number of rotatable bonds is 3. The molecule has 0 bridgehead atoms. The molecule has 0 atom stereocenters. The van der Waals surface area contributed by atoms with Crippen LogP contribution in [0.25, 0.3) is 22.8 Å². The fourth-order valence-electron chi connectivity index (χ4n) is 1.88. The van der Waals surface area contributed by atoms with E-state index >= 15 is 0 Å². The van der Waals surface area contributed by atoms with Crippen LogP contribution in [0, 0.1) is 10.1 Å². The molecular formula is C15H9BrN2O3. The molecule has 0 N–H and O–H groups in total. The minimum Gasteiger partial charge on any atom is -0.436 e. The van der Waals surface area contributed by atoms with Crippen LogP contribution in [0.2, 0.25) is 0 Å². The Kier molecular flexibility index (Phi) is 3.53. The van der Waals surface area contributed by atoms with Crippen LogP contribution in [0.15, 0.2) is 63.6 Å². The molecule has 6 heteroatoms. The lowest BCUT2D eigenvalue weighted by molar-refractivity contribution is -0.384. The van der Waals surface area contributed by atoms with E-state index in [1.165, 1.54) is 12.1 Å². The standard InChI is InChI=1S/C15H9BrN2O3/c16-12-5-1-11(2-6-12)15-17-9-14(21-15)10-3-7-13(8-4-10)18(19)20/h1-9H. The number of benzene rings is 2. The molecule has 0 aliphatic heterocycles. The third kappa shape index (κ3) is 2.85. The summed E-state index contributed by atoms with van der Waals surface area (Å²) in [5.74, 6) is 1.08. The number of hydrogen-bond donors (Lipinski definition) is 0. The number of nitro benzene ring substituents is 1. The Labute approximate surface area is 128 Å². The minimum absolute atomic E-state index is 0.0476. The van der Waals surface area contributed by atoms with Gasteiger partial charge in [0.2, 0.25) is 5.89 Å². The van der Waals surface area contributed by atoms with Gasteiger partial charge in [-0.1, -0.05) is 15.9 Å². The minimum atomic E-state index is -0.433. The van der Waals surface area contributed by atoms with Crippen molar-refractivity contribution in [3.8, 4) is 22.8 Å². The van der Waals surface area contributed by atoms with Gasteiger partial charge < -0.3 is 4.42 Å². The van der Waals surface area contributed by atoms with Gasteiger partial charge in [0.1, 0.15) is 0 Å². The molecule has 1 heterocycles. The molecule has 0 radical (unpaired) electrons. The Morgan fingerprint density at radius 3 is 2.24 bits per heavy atom. The van der Waals surface area contributed by atoms with Crippen molar-refractivity contribution in [3.63, 3.8) is 0 Å². The molecule has 0 saturated heterocycles. The number of halogens is 1. The highest BCUT2D eigenvalue weighted by Crippen LogP contribution is 2.27. The first kappa shape index (κ1) is 13.5. The smallest absolute Gasteiger partial charge is 0.269 e. The van der Waals surface area contributed by atoms with Crippen LogP contribution in [0.5, 0.6) is 0 Å². The highest BCUT2D eigenvalue weighted by atomic mass is 79.9. The number of hydrogen-bond acceptors (Lipinski definition) is 4. The SMILES string of the molecule is O=[N+]([O-])c1ccc(-c2cnc(-c3ccc(Br)cc3)o2)cc1. The topological polar surface area (TPSA) is 69.2 Å². The third-order valence-electron chi connectivity index (χ3n) is 2.96. The van der Waals surface area contributed by atoms with Crippen LogP contribution < -0.4 is 0 Å². The van der Waals surface area contributed by atoms with Gasteiger partial charge in [0.15, 0.2) is 5.76 Å². The van der Waals surface area contributed by atoms with Gasteiger partial charge in [0.25, 0.3) is 5.69 Å². The van der Waals surface area contributed by atoms with E-state index in [-0.39, 0.29) is 5.69 Å². The van der Waals surface area contributed by atoms with Crippen molar-refractivity contribution < 1.29 is 9.34 Å². The van der Waals surface area contributed by atoms with Gasteiger partial charge in [-0.05, 0) is 36.4 Å². The molecule has 0 unspecified atom stereocenters. The molecule has 3 rings (SSSR count). The molecule has 2 aromatic carbocycles. The molecule has 104 valence electrons. The summed E-state index contributed by atoms with van der Waals surface area (Å²) in [4.78, 5) is 14.4. The van der Waals surface area contributed by atoms with Crippen molar-refractivity contribution in [3.05, 3.63) is 69.3 Å². The van der Waals surface area contributed by atoms with Gasteiger partial charge in [0, 0.05) is 27.7 Å². The summed E-state index contributed by atoms with van der Waals surface area (Å²) in [5, 5.41) is 10.6. The van der Waals surface area contributed by atoms with Gasteiger partial charge in [-0.15, -0.1) is 0 Å². The van der Waals surface area contributed by atoms with Gasteiger partial charge >= 0.3 is 0 Å². The van der Waals surface area contributed by atoms with Crippen molar-refractivity contribution in [2.75, 3.05) is 0 Å². The molecule has 0 spiro atoms. The second kappa shape index (κ2) is 5.49. The zero-order chi connectivity index (χ0) is 14.8.